The largest absolute Gasteiger partial charge is 0.389 e. The van der Waals surface area contributed by atoms with E-state index in [1.165, 1.54) is 0 Å². The molecule has 1 aromatic rings. The predicted octanol–water partition coefficient (Wildman–Crippen LogP) is 2.25. The van der Waals surface area contributed by atoms with E-state index < -0.39 is 0 Å². The van der Waals surface area contributed by atoms with Crippen LogP contribution >= 0.6 is 12.2 Å². The SMILES string of the molecule is CCC1OCCC1CNc1cc(C(N)=S)cc(C)n1. The first-order valence-electron chi connectivity index (χ1n) is 6.74. The van der Waals surface area contributed by atoms with Crippen LogP contribution in [0.1, 0.15) is 31.0 Å². The third-order valence-electron chi connectivity index (χ3n) is 3.53. The summed E-state index contributed by atoms with van der Waals surface area (Å²) in [6.07, 6.45) is 2.54. The summed E-state index contributed by atoms with van der Waals surface area (Å²) in [5, 5.41) is 3.38. The number of hydrogen-bond acceptors (Lipinski definition) is 4. The van der Waals surface area contributed by atoms with Crippen molar-refractivity contribution in [2.24, 2.45) is 11.7 Å². The second-order valence-electron chi connectivity index (χ2n) is 4.99. The van der Waals surface area contributed by atoms with E-state index in [9.17, 15) is 0 Å². The maximum atomic E-state index is 5.69. The third-order valence-corrected chi connectivity index (χ3v) is 3.77. The van der Waals surface area contributed by atoms with Gasteiger partial charge in [-0.15, -0.1) is 0 Å². The van der Waals surface area contributed by atoms with Gasteiger partial charge in [0.15, 0.2) is 0 Å². The molecular formula is C14H21N3OS. The predicted molar refractivity (Wildman–Crippen MR) is 81.5 cm³/mol. The van der Waals surface area contributed by atoms with Crippen molar-refractivity contribution >= 4 is 23.0 Å². The summed E-state index contributed by atoms with van der Waals surface area (Å²) < 4.78 is 5.69. The molecule has 0 aromatic carbocycles. The summed E-state index contributed by atoms with van der Waals surface area (Å²) in [6.45, 7) is 5.86. The standard InChI is InChI=1S/C14H21N3OS/c1-3-12-10(4-5-18-12)8-16-13-7-11(14(15)19)6-9(2)17-13/h6-7,10,12H,3-5,8H2,1-2H3,(H2,15,19)(H,16,17). The van der Waals surface area contributed by atoms with Crippen LogP contribution in [0.4, 0.5) is 5.82 Å². The first-order valence-corrected chi connectivity index (χ1v) is 7.15. The molecule has 2 rings (SSSR count). The Kier molecular flexibility index (Phi) is 4.71. The van der Waals surface area contributed by atoms with E-state index in [0.717, 1.165) is 43.1 Å². The highest BCUT2D eigenvalue weighted by molar-refractivity contribution is 7.80. The lowest BCUT2D eigenvalue weighted by molar-refractivity contribution is 0.0900. The van der Waals surface area contributed by atoms with Gasteiger partial charge in [0.05, 0.1) is 6.10 Å². The maximum absolute atomic E-state index is 5.69. The van der Waals surface area contributed by atoms with E-state index in [4.69, 9.17) is 22.7 Å². The third kappa shape index (κ3) is 3.64. The summed E-state index contributed by atoms with van der Waals surface area (Å²) in [4.78, 5) is 4.87. The Morgan fingerprint density at radius 2 is 2.37 bits per heavy atom. The minimum Gasteiger partial charge on any atom is -0.389 e. The number of rotatable bonds is 5. The fourth-order valence-corrected chi connectivity index (χ4v) is 2.63. The van der Waals surface area contributed by atoms with Gasteiger partial charge in [-0.3, -0.25) is 0 Å². The molecular weight excluding hydrogens is 258 g/mol. The van der Waals surface area contributed by atoms with Crippen molar-refractivity contribution in [2.75, 3.05) is 18.5 Å². The molecule has 5 heteroatoms. The molecule has 0 aliphatic carbocycles. The van der Waals surface area contributed by atoms with Gasteiger partial charge in [0.1, 0.15) is 10.8 Å². The van der Waals surface area contributed by atoms with E-state index in [0.29, 0.717) is 17.0 Å². The zero-order valence-corrected chi connectivity index (χ0v) is 12.3. The quantitative estimate of drug-likeness (QED) is 0.810. The molecule has 4 nitrogen and oxygen atoms in total. The number of anilines is 1. The highest BCUT2D eigenvalue weighted by Crippen LogP contribution is 2.23. The summed E-state index contributed by atoms with van der Waals surface area (Å²) in [6, 6.07) is 3.81. The average molecular weight is 279 g/mol. The molecule has 0 spiro atoms. The van der Waals surface area contributed by atoms with Gasteiger partial charge in [0.25, 0.3) is 0 Å². The van der Waals surface area contributed by atoms with Crippen LogP contribution in [0.5, 0.6) is 0 Å². The highest BCUT2D eigenvalue weighted by atomic mass is 32.1. The molecule has 2 atom stereocenters. The van der Waals surface area contributed by atoms with Crippen molar-refractivity contribution < 1.29 is 4.74 Å². The van der Waals surface area contributed by atoms with E-state index in [2.05, 4.69) is 17.2 Å². The van der Waals surface area contributed by atoms with Gasteiger partial charge in [-0.05, 0) is 31.9 Å². The lowest BCUT2D eigenvalue weighted by Gasteiger charge is -2.18. The molecule has 1 aromatic heterocycles. The lowest BCUT2D eigenvalue weighted by Crippen LogP contribution is -2.23. The first kappa shape index (κ1) is 14.2. The van der Waals surface area contributed by atoms with Crippen molar-refractivity contribution in [2.45, 2.75) is 32.8 Å². The van der Waals surface area contributed by atoms with Crippen molar-refractivity contribution in [3.05, 3.63) is 23.4 Å². The maximum Gasteiger partial charge on any atom is 0.126 e. The fourth-order valence-electron chi connectivity index (χ4n) is 2.51. The smallest absolute Gasteiger partial charge is 0.126 e. The van der Waals surface area contributed by atoms with Crippen molar-refractivity contribution in [1.82, 2.24) is 4.98 Å². The summed E-state index contributed by atoms with van der Waals surface area (Å²) in [5.41, 5.74) is 7.45. The second kappa shape index (κ2) is 6.30. The van der Waals surface area contributed by atoms with Crippen molar-refractivity contribution in [1.29, 1.82) is 0 Å². The lowest BCUT2D eigenvalue weighted by atomic mass is 10.00. The number of nitrogens with zero attached hydrogens (tertiary/aromatic N) is 1. The molecule has 2 unspecified atom stereocenters. The van der Waals surface area contributed by atoms with Crippen LogP contribution in [0.15, 0.2) is 12.1 Å². The Labute approximate surface area is 119 Å². The number of aryl methyl sites for hydroxylation is 1. The number of nitrogens with two attached hydrogens (primary N) is 1. The molecule has 104 valence electrons. The van der Waals surface area contributed by atoms with Crippen LogP contribution in [0.2, 0.25) is 0 Å². The van der Waals surface area contributed by atoms with Gasteiger partial charge in [-0.25, -0.2) is 4.98 Å². The fraction of sp³-hybridized carbons (Fsp3) is 0.571. The molecule has 1 saturated heterocycles. The number of thiocarbonyl (C=S) groups is 1. The molecule has 0 saturated carbocycles. The second-order valence-corrected chi connectivity index (χ2v) is 5.43. The molecule has 2 heterocycles. The van der Waals surface area contributed by atoms with Crippen molar-refractivity contribution in [3.63, 3.8) is 0 Å². The minimum absolute atomic E-state index is 0.368. The molecule has 0 radical (unpaired) electrons. The molecule has 19 heavy (non-hydrogen) atoms. The van der Waals surface area contributed by atoms with Crippen LogP contribution in [-0.4, -0.2) is 29.2 Å². The summed E-state index contributed by atoms with van der Waals surface area (Å²) in [7, 11) is 0. The zero-order chi connectivity index (χ0) is 13.8. The van der Waals surface area contributed by atoms with E-state index in [1.54, 1.807) is 0 Å². The highest BCUT2D eigenvalue weighted by Gasteiger charge is 2.26. The number of pyridine rings is 1. The molecule has 1 fully saturated rings. The Hall–Kier alpha value is -1.20. The van der Waals surface area contributed by atoms with Gasteiger partial charge >= 0.3 is 0 Å². The van der Waals surface area contributed by atoms with Gasteiger partial charge in [-0.1, -0.05) is 19.1 Å². The number of nitrogens with one attached hydrogen (secondary N) is 1. The summed E-state index contributed by atoms with van der Waals surface area (Å²) in [5.74, 6) is 1.39. The molecule has 0 bridgehead atoms. The number of ether oxygens (including phenoxy) is 1. The molecule has 0 amide bonds. The Bertz CT molecular complexity index is 464. The molecule has 3 N–H and O–H groups in total. The molecule has 1 aliphatic rings. The van der Waals surface area contributed by atoms with E-state index in [1.807, 2.05) is 19.1 Å². The Morgan fingerprint density at radius 1 is 1.58 bits per heavy atom. The van der Waals surface area contributed by atoms with Crippen LogP contribution in [-0.2, 0) is 4.74 Å². The Balaban J connectivity index is 2.01. The van der Waals surface area contributed by atoms with Gasteiger partial charge in [-0.2, -0.15) is 0 Å². The topological polar surface area (TPSA) is 60.2 Å². The average Bonchev–Trinajstić information content (AvgIpc) is 2.83. The Morgan fingerprint density at radius 3 is 3.05 bits per heavy atom. The monoisotopic (exact) mass is 279 g/mol. The van der Waals surface area contributed by atoms with Crippen LogP contribution in [0.3, 0.4) is 0 Å². The molecule has 1 aliphatic heterocycles. The van der Waals surface area contributed by atoms with Gasteiger partial charge < -0.3 is 15.8 Å². The minimum atomic E-state index is 0.368. The first-order chi connectivity index (χ1) is 9.10. The number of aromatic nitrogens is 1. The van der Waals surface area contributed by atoms with Crippen LogP contribution in [0, 0.1) is 12.8 Å². The van der Waals surface area contributed by atoms with E-state index >= 15 is 0 Å². The van der Waals surface area contributed by atoms with Crippen LogP contribution in [0.25, 0.3) is 0 Å². The van der Waals surface area contributed by atoms with Gasteiger partial charge in [0.2, 0.25) is 0 Å². The summed E-state index contributed by atoms with van der Waals surface area (Å²) >= 11 is 5.01. The van der Waals surface area contributed by atoms with Crippen LogP contribution < -0.4 is 11.1 Å². The van der Waals surface area contributed by atoms with Crippen molar-refractivity contribution in [3.8, 4) is 0 Å². The van der Waals surface area contributed by atoms with E-state index in [-0.39, 0.29) is 0 Å². The normalized spacial score (nSPS) is 22.4. The van der Waals surface area contributed by atoms with Gasteiger partial charge in [0, 0.05) is 30.3 Å². The number of hydrogen-bond donors (Lipinski definition) is 2. The zero-order valence-electron chi connectivity index (χ0n) is 11.5.